The van der Waals surface area contributed by atoms with Crippen molar-refractivity contribution in [3.63, 3.8) is 0 Å². The van der Waals surface area contributed by atoms with Gasteiger partial charge in [-0.3, -0.25) is 9.78 Å². The van der Waals surface area contributed by atoms with E-state index >= 15 is 0 Å². The van der Waals surface area contributed by atoms with Crippen molar-refractivity contribution in [1.29, 1.82) is 0 Å². The fourth-order valence-corrected chi connectivity index (χ4v) is 3.08. The van der Waals surface area contributed by atoms with Crippen LogP contribution in [-0.2, 0) is 6.61 Å². The van der Waals surface area contributed by atoms with E-state index in [0.717, 1.165) is 11.6 Å². The highest BCUT2D eigenvalue weighted by atomic mass is 19.1. The molecule has 2 N–H and O–H groups in total. The number of fused-ring (bicyclic) bond motifs is 1. The van der Waals surface area contributed by atoms with Crippen molar-refractivity contribution >= 4 is 16.8 Å². The van der Waals surface area contributed by atoms with E-state index in [-0.39, 0.29) is 11.3 Å². The molecule has 0 saturated carbocycles. The van der Waals surface area contributed by atoms with Crippen LogP contribution in [0.2, 0.25) is 0 Å². The van der Waals surface area contributed by atoms with Crippen LogP contribution in [-0.4, -0.2) is 18.0 Å². The third kappa shape index (κ3) is 4.40. The van der Waals surface area contributed by atoms with Crippen LogP contribution >= 0.6 is 0 Å². The summed E-state index contributed by atoms with van der Waals surface area (Å²) < 4.78 is 31.5. The second-order valence-corrected chi connectivity index (χ2v) is 6.72. The lowest BCUT2D eigenvalue weighted by molar-refractivity contribution is 0.1000. The highest BCUT2D eigenvalue weighted by Gasteiger charge is 2.14. The SMILES string of the molecule is COc1cc2c(Oc3ccc(C(N)=O)cc3F)ccnc2cc1OCc1ccccc1. The number of rotatable bonds is 7. The number of carbonyl (C=O) groups excluding carboxylic acids is 1. The van der Waals surface area contributed by atoms with Gasteiger partial charge in [0.1, 0.15) is 12.4 Å². The summed E-state index contributed by atoms with van der Waals surface area (Å²) in [6.07, 6.45) is 1.56. The Kier molecular flexibility index (Phi) is 5.66. The molecule has 7 heteroatoms. The Hall–Kier alpha value is -4.13. The van der Waals surface area contributed by atoms with Crippen LogP contribution in [0.25, 0.3) is 10.9 Å². The van der Waals surface area contributed by atoms with Crippen molar-refractivity contribution in [2.45, 2.75) is 6.61 Å². The third-order valence-corrected chi connectivity index (χ3v) is 4.66. The Labute approximate surface area is 178 Å². The molecule has 0 aliphatic carbocycles. The van der Waals surface area contributed by atoms with Crippen molar-refractivity contribution in [2.75, 3.05) is 7.11 Å². The number of halogens is 1. The number of nitrogens with two attached hydrogens (primary N) is 1. The largest absolute Gasteiger partial charge is 0.493 e. The summed E-state index contributed by atoms with van der Waals surface area (Å²) in [6.45, 7) is 0.371. The monoisotopic (exact) mass is 418 g/mol. The summed E-state index contributed by atoms with van der Waals surface area (Å²) in [5, 5.41) is 0.616. The minimum absolute atomic E-state index is 0.0409. The molecular weight excluding hydrogens is 399 g/mol. The van der Waals surface area contributed by atoms with E-state index in [1.807, 2.05) is 30.3 Å². The first-order valence-electron chi connectivity index (χ1n) is 9.46. The van der Waals surface area contributed by atoms with Gasteiger partial charge in [-0.15, -0.1) is 0 Å². The standard InChI is InChI=1S/C24H19FN2O4/c1-29-22-12-17-19(13-23(22)30-14-15-5-3-2-4-6-15)27-10-9-20(17)31-21-8-7-16(24(26)28)11-18(21)25/h2-13H,14H2,1H3,(H2,26,28). The van der Waals surface area contributed by atoms with Crippen LogP contribution in [0.15, 0.2) is 72.9 Å². The van der Waals surface area contributed by atoms with Gasteiger partial charge < -0.3 is 19.9 Å². The lowest BCUT2D eigenvalue weighted by Crippen LogP contribution is -2.11. The van der Waals surface area contributed by atoms with Crippen LogP contribution in [0, 0.1) is 5.82 Å². The molecule has 4 rings (SSSR count). The molecule has 4 aromatic rings. The maximum atomic E-state index is 14.4. The smallest absolute Gasteiger partial charge is 0.248 e. The first-order valence-corrected chi connectivity index (χ1v) is 9.46. The van der Waals surface area contributed by atoms with E-state index in [1.165, 1.54) is 19.2 Å². The third-order valence-electron chi connectivity index (χ3n) is 4.66. The van der Waals surface area contributed by atoms with E-state index in [9.17, 15) is 9.18 Å². The first kappa shape index (κ1) is 20.2. The second kappa shape index (κ2) is 8.71. The minimum atomic E-state index is -0.715. The minimum Gasteiger partial charge on any atom is -0.493 e. The molecule has 0 bridgehead atoms. The summed E-state index contributed by atoms with van der Waals surface area (Å²) >= 11 is 0. The fourth-order valence-electron chi connectivity index (χ4n) is 3.08. The molecule has 156 valence electrons. The van der Waals surface area contributed by atoms with Crippen LogP contribution in [0.4, 0.5) is 4.39 Å². The number of pyridine rings is 1. The second-order valence-electron chi connectivity index (χ2n) is 6.72. The van der Waals surface area contributed by atoms with Gasteiger partial charge in [0.05, 0.1) is 12.6 Å². The summed E-state index contributed by atoms with van der Waals surface area (Å²) in [5.41, 5.74) is 6.86. The highest BCUT2D eigenvalue weighted by Crippen LogP contribution is 2.37. The normalized spacial score (nSPS) is 10.6. The van der Waals surface area contributed by atoms with Gasteiger partial charge in [0.15, 0.2) is 23.1 Å². The first-order chi connectivity index (χ1) is 15.0. The molecule has 1 heterocycles. The molecule has 6 nitrogen and oxygen atoms in total. The summed E-state index contributed by atoms with van der Waals surface area (Å²) in [6, 6.07) is 18.7. The van der Waals surface area contributed by atoms with Crippen molar-refractivity contribution in [3.8, 4) is 23.0 Å². The Morgan fingerprint density at radius 1 is 0.968 bits per heavy atom. The van der Waals surface area contributed by atoms with Gasteiger partial charge in [0.25, 0.3) is 0 Å². The van der Waals surface area contributed by atoms with Gasteiger partial charge in [-0.25, -0.2) is 4.39 Å². The van der Waals surface area contributed by atoms with E-state index in [4.69, 9.17) is 19.9 Å². The highest BCUT2D eigenvalue weighted by molar-refractivity contribution is 5.93. The molecule has 0 spiro atoms. The predicted octanol–water partition coefficient (Wildman–Crippen LogP) is 4.85. The molecule has 1 aromatic heterocycles. The lowest BCUT2D eigenvalue weighted by atomic mass is 10.1. The average molecular weight is 418 g/mol. The number of nitrogens with zero attached hydrogens (tertiary/aromatic N) is 1. The number of ether oxygens (including phenoxy) is 3. The molecule has 1 amide bonds. The Bertz CT molecular complexity index is 1250. The number of primary amides is 1. The maximum absolute atomic E-state index is 14.4. The predicted molar refractivity (Wildman–Crippen MR) is 114 cm³/mol. The zero-order valence-corrected chi connectivity index (χ0v) is 16.7. The summed E-state index contributed by atoms with van der Waals surface area (Å²) in [4.78, 5) is 15.6. The van der Waals surface area contributed by atoms with E-state index in [2.05, 4.69) is 4.98 Å². The molecule has 0 aliphatic heterocycles. The van der Waals surface area contributed by atoms with Crippen LogP contribution in [0.1, 0.15) is 15.9 Å². The van der Waals surface area contributed by atoms with Crippen molar-refractivity contribution in [1.82, 2.24) is 4.98 Å². The van der Waals surface area contributed by atoms with Crippen LogP contribution in [0.3, 0.4) is 0 Å². The topological polar surface area (TPSA) is 83.7 Å². The number of hydrogen-bond acceptors (Lipinski definition) is 5. The number of aromatic nitrogens is 1. The van der Waals surface area contributed by atoms with Crippen molar-refractivity contribution < 1.29 is 23.4 Å². The van der Waals surface area contributed by atoms with E-state index in [1.54, 1.807) is 24.4 Å². The summed E-state index contributed by atoms with van der Waals surface area (Å²) in [5.74, 6) is -0.0561. The molecule has 3 aromatic carbocycles. The Balaban J connectivity index is 1.66. The van der Waals surface area contributed by atoms with Gasteiger partial charge in [-0.1, -0.05) is 30.3 Å². The van der Waals surface area contributed by atoms with E-state index in [0.29, 0.717) is 34.8 Å². The van der Waals surface area contributed by atoms with Crippen LogP contribution in [0.5, 0.6) is 23.0 Å². The molecular formula is C24H19FN2O4. The lowest BCUT2D eigenvalue weighted by Gasteiger charge is -2.14. The average Bonchev–Trinajstić information content (AvgIpc) is 2.79. The van der Waals surface area contributed by atoms with Gasteiger partial charge in [0, 0.05) is 23.2 Å². The zero-order chi connectivity index (χ0) is 21.8. The number of hydrogen-bond donors (Lipinski definition) is 1. The quantitative estimate of drug-likeness (QED) is 0.464. The number of benzene rings is 3. The molecule has 0 unspecified atom stereocenters. The van der Waals surface area contributed by atoms with Crippen molar-refractivity contribution in [2.24, 2.45) is 5.73 Å². The zero-order valence-electron chi connectivity index (χ0n) is 16.7. The molecule has 0 saturated heterocycles. The number of amides is 1. The van der Waals surface area contributed by atoms with E-state index < -0.39 is 11.7 Å². The van der Waals surface area contributed by atoms with Gasteiger partial charge in [-0.05, 0) is 35.9 Å². The van der Waals surface area contributed by atoms with Gasteiger partial charge in [-0.2, -0.15) is 0 Å². The summed E-state index contributed by atoms with van der Waals surface area (Å²) in [7, 11) is 1.54. The van der Waals surface area contributed by atoms with Gasteiger partial charge in [0.2, 0.25) is 5.91 Å². The Morgan fingerprint density at radius 2 is 1.77 bits per heavy atom. The maximum Gasteiger partial charge on any atom is 0.248 e. The molecule has 31 heavy (non-hydrogen) atoms. The molecule has 0 radical (unpaired) electrons. The van der Waals surface area contributed by atoms with Gasteiger partial charge >= 0.3 is 0 Å². The fraction of sp³-hybridized carbons (Fsp3) is 0.0833. The van der Waals surface area contributed by atoms with Crippen LogP contribution < -0.4 is 19.9 Å². The van der Waals surface area contributed by atoms with Crippen molar-refractivity contribution in [3.05, 3.63) is 89.9 Å². The molecule has 0 atom stereocenters. The number of methoxy groups -OCH3 is 1. The Morgan fingerprint density at radius 3 is 2.48 bits per heavy atom. The molecule has 0 fully saturated rings. The number of carbonyl (C=O) groups is 1. The molecule has 0 aliphatic rings.